The smallest absolute Gasteiger partial charge is 0.346 e. The highest BCUT2D eigenvalue weighted by atomic mass is 32.1. The summed E-state index contributed by atoms with van der Waals surface area (Å²) in [5, 5.41) is 3.43. The SMILES string of the molecule is Fc1ccc(C(c2ccc(F)cc2)N2CCN(C(=S)Nc3ccc(C(F)(F)F)cc3)CC2)cc1. The molecule has 1 aliphatic heterocycles. The van der Waals surface area contributed by atoms with Crippen molar-refractivity contribution in [3.8, 4) is 0 Å². The van der Waals surface area contributed by atoms with Crippen LogP contribution in [0.25, 0.3) is 0 Å². The van der Waals surface area contributed by atoms with E-state index in [-0.39, 0.29) is 17.7 Å². The molecule has 0 bridgehead atoms. The zero-order valence-electron chi connectivity index (χ0n) is 18.0. The van der Waals surface area contributed by atoms with Crippen molar-refractivity contribution in [2.75, 3.05) is 31.5 Å². The molecule has 3 aromatic carbocycles. The number of thiocarbonyl (C=S) groups is 1. The largest absolute Gasteiger partial charge is 0.416 e. The van der Waals surface area contributed by atoms with Crippen molar-refractivity contribution in [3.63, 3.8) is 0 Å². The summed E-state index contributed by atoms with van der Waals surface area (Å²) in [6.45, 7) is 2.44. The van der Waals surface area contributed by atoms with Gasteiger partial charge < -0.3 is 10.2 Å². The Labute approximate surface area is 199 Å². The van der Waals surface area contributed by atoms with Crippen LogP contribution in [0, 0.1) is 11.6 Å². The average Bonchev–Trinajstić information content (AvgIpc) is 2.82. The fraction of sp³-hybridized carbons (Fsp3) is 0.240. The van der Waals surface area contributed by atoms with Crippen LogP contribution in [-0.4, -0.2) is 41.1 Å². The van der Waals surface area contributed by atoms with E-state index in [0.29, 0.717) is 37.0 Å². The second-order valence-electron chi connectivity index (χ2n) is 8.03. The number of piperazine rings is 1. The van der Waals surface area contributed by atoms with Crippen LogP contribution in [0.3, 0.4) is 0 Å². The summed E-state index contributed by atoms with van der Waals surface area (Å²) in [6.07, 6.45) is -4.39. The summed E-state index contributed by atoms with van der Waals surface area (Å²) in [4.78, 5) is 4.17. The van der Waals surface area contributed by atoms with E-state index in [4.69, 9.17) is 12.2 Å². The second-order valence-corrected chi connectivity index (χ2v) is 8.42. The Bertz CT molecular complexity index is 1060. The number of hydrogen-bond acceptors (Lipinski definition) is 2. The van der Waals surface area contributed by atoms with E-state index >= 15 is 0 Å². The minimum atomic E-state index is -4.39. The number of anilines is 1. The molecule has 3 aromatic rings. The van der Waals surface area contributed by atoms with Gasteiger partial charge in [0.15, 0.2) is 5.11 Å². The van der Waals surface area contributed by atoms with Crippen LogP contribution in [0.1, 0.15) is 22.7 Å². The summed E-state index contributed by atoms with van der Waals surface area (Å²) >= 11 is 5.47. The van der Waals surface area contributed by atoms with Gasteiger partial charge in [-0.15, -0.1) is 0 Å². The Morgan fingerprint density at radius 3 is 1.65 bits per heavy atom. The first kappa shape index (κ1) is 24.1. The van der Waals surface area contributed by atoms with Gasteiger partial charge in [-0.1, -0.05) is 24.3 Å². The van der Waals surface area contributed by atoms with Crippen LogP contribution in [-0.2, 0) is 6.18 Å². The lowest BCUT2D eigenvalue weighted by Gasteiger charge is -2.40. The highest BCUT2D eigenvalue weighted by Crippen LogP contribution is 2.31. The van der Waals surface area contributed by atoms with Gasteiger partial charge in [-0.05, 0) is 71.9 Å². The van der Waals surface area contributed by atoms with E-state index in [0.717, 1.165) is 23.3 Å². The van der Waals surface area contributed by atoms with Crippen LogP contribution in [0.5, 0.6) is 0 Å². The molecule has 0 aliphatic carbocycles. The number of halogens is 5. The zero-order valence-corrected chi connectivity index (χ0v) is 18.8. The van der Waals surface area contributed by atoms with E-state index < -0.39 is 11.7 Å². The van der Waals surface area contributed by atoms with Gasteiger partial charge in [-0.25, -0.2) is 8.78 Å². The van der Waals surface area contributed by atoms with Crippen LogP contribution >= 0.6 is 12.2 Å². The highest BCUT2D eigenvalue weighted by Gasteiger charge is 2.30. The van der Waals surface area contributed by atoms with Crippen molar-refractivity contribution in [2.45, 2.75) is 12.2 Å². The quantitative estimate of drug-likeness (QED) is 0.352. The Morgan fingerprint density at radius 2 is 1.21 bits per heavy atom. The van der Waals surface area contributed by atoms with Crippen LogP contribution < -0.4 is 5.32 Å². The third kappa shape index (κ3) is 5.71. The minimum absolute atomic E-state index is 0.181. The molecule has 178 valence electrons. The van der Waals surface area contributed by atoms with Crippen molar-refractivity contribution in [3.05, 3.63) is 101 Å². The van der Waals surface area contributed by atoms with E-state index in [1.54, 1.807) is 24.3 Å². The molecule has 0 unspecified atom stereocenters. The van der Waals surface area contributed by atoms with Crippen LogP contribution in [0.15, 0.2) is 72.8 Å². The zero-order chi connectivity index (χ0) is 24.3. The van der Waals surface area contributed by atoms with Crippen molar-refractivity contribution in [2.24, 2.45) is 0 Å². The van der Waals surface area contributed by atoms with Gasteiger partial charge in [0, 0.05) is 31.9 Å². The average molecular weight is 492 g/mol. The first-order valence-corrected chi connectivity index (χ1v) is 11.1. The molecule has 0 aromatic heterocycles. The third-order valence-corrected chi connectivity index (χ3v) is 6.16. The summed E-state index contributed by atoms with van der Waals surface area (Å²) < 4.78 is 65.3. The normalized spacial score (nSPS) is 14.9. The maximum Gasteiger partial charge on any atom is 0.416 e. The lowest BCUT2D eigenvalue weighted by atomic mass is 9.96. The molecule has 0 atom stereocenters. The molecule has 1 aliphatic rings. The number of hydrogen-bond donors (Lipinski definition) is 1. The number of benzene rings is 3. The molecule has 0 radical (unpaired) electrons. The number of alkyl halides is 3. The van der Waals surface area contributed by atoms with Crippen LogP contribution in [0.2, 0.25) is 0 Å². The number of nitrogens with one attached hydrogen (secondary N) is 1. The maximum absolute atomic E-state index is 13.5. The Hall–Kier alpha value is -3.04. The molecular formula is C25H22F5N3S. The molecule has 0 amide bonds. The lowest BCUT2D eigenvalue weighted by molar-refractivity contribution is -0.137. The molecule has 34 heavy (non-hydrogen) atoms. The fourth-order valence-electron chi connectivity index (χ4n) is 4.03. The molecule has 0 spiro atoms. The molecule has 9 heteroatoms. The third-order valence-electron chi connectivity index (χ3n) is 5.80. The van der Waals surface area contributed by atoms with E-state index in [9.17, 15) is 22.0 Å². The van der Waals surface area contributed by atoms with Gasteiger partial charge in [-0.3, -0.25) is 4.90 Å². The van der Waals surface area contributed by atoms with Crippen molar-refractivity contribution in [1.82, 2.24) is 9.80 Å². The number of nitrogens with zero attached hydrogens (tertiary/aromatic N) is 2. The van der Waals surface area contributed by atoms with Gasteiger partial charge in [0.05, 0.1) is 11.6 Å². The van der Waals surface area contributed by atoms with Crippen LogP contribution in [0.4, 0.5) is 27.6 Å². The summed E-state index contributed by atoms with van der Waals surface area (Å²) in [5.74, 6) is -0.655. The summed E-state index contributed by atoms with van der Waals surface area (Å²) in [6, 6.07) is 17.1. The van der Waals surface area contributed by atoms with Crippen molar-refractivity contribution in [1.29, 1.82) is 0 Å². The summed E-state index contributed by atoms with van der Waals surface area (Å²) in [5.41, 5.74) is 1.56. The Morgan fingerprint density at radius 1 is 0.735 bits per heavy atom. The van der Waals surface area contributed by atoms with Crippen molar-refractivity contribution < 1.29 is 22.0 Å². The monoisotopic (exact) mass is 491 g/mol. The topological polar surface area (TPSA) is 18.5 Å². The Balaban J connectivity index is 1.43. The minimum Gasteiger partial charge on any atom is -0.346 e. The molecule has 1 saturated heterocycles. The first-order chi connectivity index (χ1) is 16.2. The maximum atomic E-state index is 13.5. The molecule has 1 fully saturated rings. The molecule has 4 rings (SSSR count). The van der Waals surface area contributed by atoms with Gasteiger partial charge in [0.25, 0.3) is 0 Å². The molecular weight excluding hydrogens is 469 g/mol. The molecule has 3 nitrogen and oxygen atoms in total. The standard InChI is InChI=1S/C25H22F5N3S/c26-20-7-1-17(2-8-20)23(18-3-9-21(27)10-4-18)32-13-15-33(16-14-32)24(34)31-22-11-5-19(6-12-22)25(28,29)30/h1-12,23H,13-16H2,(H,31,34). The lowest BCUT2D eigenvalue weighted by Crippen LogP contribution is -2.51. The first-order valence-electron chi connectivity index (χ1n) is 10.7. The fourth-order valence-corrected chi connectivity index (χ4v) is 4.33. The highest BCUT2D eigenvalue weighted by molar-refractivity contribution is 7.80. The predicted molar refractivity (Wildman–Crippen MR) is 125 cm³/mol. The van der Waals surface area contributed by atoms with Gasteiger partial charge in [0.1, 0.15) is 11.6 Å². The van der Waals surface area contributed by atoms with E-state index in [2.05, 4.69) is 10.2 Å². The van der Waals surface area contributed by atoms with E-state index in [1.807, 2.05) is 4.90 Å². The van der Waals surface area contributed by atoms with Gasteiger partial charge >= 0.3 is 6.18 Å². The molecule has 0 saturated carbocycles. The predicted octanol–water partition coefficient (Wildman–Crippen LogP) is 6.09. The summed E-state index contributed by atoms with van der Waals surface area (Å²) in [7, 11) is 0. The van der Waals surface area contributed by atoms with Gasteiger partial charge in [0.2, 0.25) is 0 Å². The Kier molecular flexibility index (Phi) is 7.13. The van der Waals surface area contributed by atoms with E-state index in [1.165, 1.54) is 36.4 Å². The second kappa shape index (κ2) is 10.1. The van der Waals surface area contributed by atoms with Gasteiger partial charge in [-0.2, -0.15) is 13.2 Å². The molecule has 1 N–H and O–H groups in total. The van der Waals surface area contributed by atoms with Crippen molar-refractivity contribution >= 4 is 23.0 Å². The number of rotatable bonds is 4. The molecule has 1 heterocycles.